The highest BCUT2D eigenvalue weighted by Crippen LogP contribution is 2.34. The molecule has 6 aromatic rings. The summed E-state index contributed by atoms with van der Waals surface area (Å²) < 4.78 is 40.0. The maximum atomic E-state index is 14.6. The van der Waals surface area contributed by atoms with E-state index in [0.29, 0.717) is 28.2 Å². The van der Waals surface area contributed by atoms with Gasteiger partial charge in [0.2, 0.25) is 10.0 Å². The van der Waals surface area contributed by atoms with Crippen LogP contribution in [0.25, 0.3) is 55.7 Å². The molecule has 41 heavy (non-hydrogen) atoms. The van der Waals surface area contributed by atoms with Crippen LogP contribution >= 0.6 is 0 Å². The Labute approximate surface area is 235 Å². The molecule has 0 fully saturated rings. The highest BCUT2D eigenvalue weighted by atomic mass is 32.2. The molecule has 0 aliphatic carbocycles. The molecule has 0 spiro atoms. The van der Waals surface area contributed by atoms with Crippen molar-refractivity contribution in [2.24, 2.45) is 0 Å². The van der Waals surface area contributed by atoms with Crippen LogP contribution in [0.3, 0.4) is 0 Å². The lowest BCUT2D eigenvalue weighted by atomic mass is 10.0. The molecule has 6 rings (SSSR count). The molecule has 0 aliphatic heterocycles. The molecule has 0 saturated carbocycles. The Bertz CT molecular complexity index is 2000. The summed E-state index contributed by atoms with van der Waals surface area (Å²) in [7, 11) is -3.43. The number of benzene rings is 1. The zero-order chi connectivity index (χ0) is 28.6. The van der Waals surface area contributed by atoms with Gasteiger partial charge in [0.25, 0.3) is 0 Å². The fourth-order valence-corrected chi connectivity index (χ4v) is 5.22. The molecule has 10 nitrogen and oxygen atoms in total. The molecule has 0 amide bonds. The Morgan fingerprint density at radius 2 is 1.71 bits per heavy atom. The number of aromatic nitrogens is 6. The van der Waals surface area contributed by atoms with Crippen molar-refractivity contribution in [1.29, 1.82) is 0 Å². The Morgan fingerprint density at radius 1 is 0.878 bits per heavy atom. The minimum atomic E-state index is -3.43. The van der Waals surface area contributed by atoms with E-state index in [1.165, 1.54) is 12.1 Å². The third-order valence-electron chi connectivity index (χ3n) is 6.70. The van der Waals surface area contributed by atoms with E-state index in [2.05, 4.69) is 53.2 Å². The third kappa shape index (κ3) is 5.71. The highest BCUT2D eigenvalue weighted by molar-refractivity contribution is 7.88. The molecule has 0 saturated heterocycles. The van der Waals surface area contributed by atoms with Crippen molar-refractivity contribution < 1.29 is 12.8 Å². The van der Waals surface area contributed by atoms with Gasteiger partial charge in [-0.05, 0) is 60.1 Å². The van der Waals surface area contributed by atoms with Crippen molar-refractivity contribution in [1.82, 2.24) is 40.2 Å². The summed E-state index contributed by atoms with van der Waals surface area (Å²) in [6, 6.07) is 12.3. The van der Waals surface area contributed by atoms with Gasteiger partial charge in [-0.2, -0.15) is 5.10 Å². The molecule has 5 aromatic heterocycles. The first-order chi connectivity index (χ1) is 19.8. The second-order valence-electron chi connectivity index (χ2n) is 9.80. The molecule has 4 N–H and O–H groups in total. The number of fused-ring (bicyclic) bond motifs is 2. The Balaban J connectivity index is 1.39. The average molecular weight is 571 g/mol. The number of hydrogen-bond acceptors (Lipinski definition) is 7. The van der Waals surface area contributed by atoms with Crippen LogP contribution in [0.2, 0.25) is 0 Å². The van der Waals surface area contributed by atoms with Crippen LogP contribution in [0.5, 0.6) is 0 Å². The van der Waals surface area contributed by atoms with Gasteiger partial charge in [0.15, 0.2) is 5.65 Å². The van der Waals surface area contributed by atoms with Crippen molar-refractivity contribution in [2.45, 2.75) is 20.0 Å². The van der Waals surface area contributed by atoms with E-state index in [-0.39, 0.29) is 6.54 Å². The molecule has 5 heterocycles. The zero-order valence-corrected chi connectivity index (χ0v) is 23.2. The number of halogens is 1. The van der Waals surface area contributed by atoms with E-state index in [1.807, 2.05) is 30.6 Å². The van der Waals surface area contributed by atoms with Crippen LogP contribution in [-0.4, -0.2) is 51.4 Å². The number of nitrogens with zero attached hydrogens (tertiary/aromatic N) is 4. The minimum Gasteiger partial charge on any atom is -0.353 e. The van der Waals surface area contributed by atoms with E-state index in [9.17, 15) is 12.8 Å². The lowest BCUT2D eigenvalue weighted by Gasteiger charge is -2.08. The number of sulfonamides is 1. The average Bonchev–Trinajstić information content (AvgIpc) is 3.58. The Hall–Kier alpha value is -4.52. The van der Waals surface area contributed by atoms with Crippen LogP contribution in [0.4, 0.5) is 4.39 Å². The standard InChI is InChI=1S/C29H27FN8O2S/c1-3-31-12-18-7-20(15-32-13-18)21-10-24-28(37-38-29(24)34-16-21)26-11-23-25(36-26)4-5-33-27(23)19-6-17(8-22(30)9-19)14-35-41(2,39)40/h4-11,13,15-16,31,35-36H,3,12,14H2,1-2H3,(H,34,37,38). The highest BCUT2D eigenvalue weighted by Gasteiger charge is 2.17. The number of H-pyrrole nitrogens is 2. The van der Waals surface area contributed by atoms with E-state index < -0.39 is 15.8 Å². The van der Waals surface area contributed by atoms with Crippen molar-refractivity contribution >= 4 is 32.0 Å². The topological polar surface area (TPSA) is 141 Å². The van der Waals surface area contributed by atoms with Crippen LogP contribution in [0.1, 0.15) is 18.1 Å². The first-order valence-corrected chi connectivity index (χ1v) is 14.9. The van der Waals surface area contributed by atoms with Gasteiger partial charge in [0, 0.05) is 70.9 Å². The number of pyridine rings is 3. The largest absolute Gasteiger partial charge is 0.353 e. The van der Waals surface area contributed by atoms with Gasteiger partial charge in [-0.1, -0.05) is 6.92 Å². The molecule has 0 bridgehead atoms. The van der Waals surface area contributed by atoms with Gasteiger partial charge in [-0.25, -0.2) is 22.5 Å². The maximum Gasteiger partial charge on any atom is 0.209 e. The molecule has 0 aliphatic rings. The van der Waals surface area contributed by atoms with Gasteiger partial charge in [0.1, 0.15) is 11.5 Å². The second-order valence-corrected chi connectivity index (χ2v) is 11.6. The summed E-state index contributed by atoms with van der Waals surface area (Å²) in [5, 5.41) is 12.5. The Kier molecular flexibility index (Phi) is 7.03. The van der Waals surface area contributed by atoms with E-state index in [4.69, 9.17) is 0 Å². The predicted molar refractivity (Wildman–Crippen MR) is 157 cm³/mol. The summed E-state index contributed by atoms with van der Waals surface area (Å²) in [6.45, 7) is 3.64. The van der Waals surface area contributed by atoms with Gasteiger partial charge >= 0.3 is 0 Å². The van der Waals surface area contributed by atoms with Gasteiger partial charge in [0.05, 0.1) is 17.6 Å². The molecule has 0 atom stereocenters. The molecule has 208 valence electrons. The number of nitrogens with one attached hydrogen (secondary N) is 4. The summed E-state index contributed by atoms with van der Waals surface area (Å²) in [5.74, 6) is -0.483. The number of rotatable bonds is 9. The van der Waals surface area contributed by atoms with Crippen molar-refractivity contribution in [2.75, 3.05) is 12.8 Å². The number of hydrogen-bond donors (Lipinski definition) is 4. The lowest BCUT2D eigenvalue weighted by molar-refractivity contribution is 0.586. The summed E-state index contributed by atoms with van der Waals surface area (Å²) in [5.41, 5.74) is 7.41. The molecular weight excluding hydrogens is 543 g/mol. The fourth-order valence-electron chi connectivity index (χ4n) is 4.79. The van der Waals surface area contributed by atoms with Crippen LogP contribution in [-0.2, 0) is 23.1 Å². The van der Waals surface area contributed by atoms with Crippen LogP contribution in [0, 0.1) is 5.82 Å². The number of aromatic amines is 2. The first-order valence-electron chi connectivity index (χ1n) is 13.0. The molecule has 0 unspecified atom stereocenters. The van der Waals surface area contributed by atoms with E-state index in [1.54, 1.807) is 18.5 Å². The fraction of sp³-hybridized carbons (Fsp3) is 0.172. The lowest BCUT2D eigenvalue weighted by Crippen LogP contribution is -2.21. The van der Waals surface area contributed by atoms with E-state index >= 15 is 0 Å². The van der Waals surface area contributed by atoms with Crippen LogP contribution < -0.4 is 10.0 Å². The SMILES string of the molecule is CCNCc1cncc(-c2cnc3[nH]nc(-c4cc5c(-c6cc(F)cc(CNS(C)(=O)=O)c6)nccc5[nH]4)c3c2)c1. The monoisotopic (exact) mass is 570 g/mol. The van der Waals surface area contributed by atoms with Gasteiger partial charge < -0.3 is 10.3 Å². The minimum absolute atomic E-state index is 0.0277. The van der Waals surface area contributed by atoms with E-state index in [0.717, 1.165) is 58.0 Å². The van der Waals surface area contributed by atoms with Crippen molar-refractivity contribution in [3.05, 3.63) is 84.2 Å². The summed E-state index contributed by atoms with van der Waals surface area (Å²) in [4.78, 5) is 16.9. The third-order valence-corrected chi connectivity index (χ3v) is 7.37. The predicted octanol–water partition coefficient (Wildman–Crippen LogP) is 4.53. The zero-order valence-electron chi connectivity index (χ0n) is 22.4. The van der Waals surface area contributed by atoms with Gasteiger partial charge in [-0.3, -0.25) is 15.1 Å². The second kappa shape index (κ2) is 10.8. The normalized spacial score (nSPS) is 12.0. The smallest absolute Gasteiger partial charge is 0.209 e. The molecular formula is C29H27FN8O2S. The molecule has 1 aromatic carbocycles. The van der Waals surface area contributed by atoms with Crippen molar-refractivity contribution in [3.8, 4) is 33.8 Å². The summed E-state index contributed by atoms with van der Waals surface area (Å²) in [6.07, 6.45) is 8.17. The maximum absolute atomic E-state index is 14.6. The summed E-state index contributed by atoms with van der Waals surface area (Å²) >= 11 is 0. The quantitative estimate of drug-likeness (QED) is 0.200. The first kappa shape index (κ1) is 26.7. The van der Waals surface area contributed by atoms with Gasteiger partial charge in [-0.15, -0.1) is 0 Å². The molecule has 0 radical (unpaired) electrons. The van der Waals surface area contributed by atoms with Crippen LogP contribution in [0.15, 0.2) is 67.3 Å². The van der Waals surface area contributed by atoms with Crippen molar-refractivity contribution in [3.63, 3.8) is 0 Å². The molecule has 12 heteroatoms. The Morgan fingerprint density at radius 3 is 2.54 bits per heavy atom.